The number of nitrogens with one attached hydrogen (secondary N) is 1. The van der Waals surface area contributed by atoms with Crippen molar-refractivity contribution in [2.24, 2.45) is 0 Å². The molecule has 0 radical (unpaired) electrons. The largest absolute Gasteiger partial charge is 0.478 e. The van der Waals surface area contributed by atoms with E-state index in [-0.39, 0.29) is 16.0 Å². The Labute approximate surface area is 107 Å². The van der Waals surface area contributed by atoms with Gasteiger partial charge in [-0.1, -0.05) is 11.3 Å². The van der Waals surface area contributed by atoms with Gasteiger partial charge in [-0.05, 0) is 13.0 Å². The monoisotopic (exact) mass is 265 g/mol. The number of amides is 1. The quantitative estimate of drug-likeness (QED) is 0.860. The topological polar surface area (TPSA) is 103 Å². The molecule has 1 amide bonds. The van der Waals surface area contributed by atoms with Crippen LogP contribution in [0.4, 0.5) is 10.8 Å². The fraction of sp³-hybridized carbons (Fsp3) is 0.200. The second-order valence-electron chi connectivity index (χ2n) is 3.22. The summed E-state index contributed by atoms with van der Waals surface area (Å²) < 4.78 is 5.19. The zero-order valence-electron chi connectivity index (χ0n) is 9.58. The van der Waals surface area contributed by atoms with Crippen molar-refractivity contribution in [2.45, 2.75) is 6.92 Å². The molecule has 0 saturated heterocycles. The summed E-state index contributed by atoms with van der Waals surface area (Å²) in [7, 11) is 0. The highest BCUT2D eigenvalue weighted by atomic mass is 32.1. The Morgan fingerprint density at radius 3 is 2.89 bits per heavy atom. The van der Waals surface area contributed by atoms with Crippen LogP contribution in [-0.2, 0) is 0 Å². The zero-order valence-corrected chi connectivity index (χ0v) is 10.4. The van der Waals surface area contributed by atoms with E-state index >= 15 is 0 Å². The molecule has 2 heterocycles. The van der Waals surface area contributed by atoms with Crippen molar-refractivity contribution in [3.63, 3.8) is 0 Å². The number of nitrogens with zero attached hydrogens (tertiary/aromatic N) is 3. The van der Waals surface area contributed by atoms with Crippen LogP contribution in [0.25, 0.3) is 0 Å². The molecule has 0 aliphatic heterocycles. The molecule has 0 aliphatic carbocycles. The molecule has 0 fully saturated rings. The summed E-state index contributed by atoms with van der Waals surface area (Å²) in [5.74, 6) is 0.144. The number of aromatic nitrogens is 3. The van der Waals surface area contributed by atoms with Gasteiger partial charge < -0.3 is 15.8 Å². The molecule has 94 valence electrons. The molecule has 0 bridgehead atoms. The smallest absolute Gasteiger partial charge is 0.286 e. The van der Waals surface area contributed by atoms with Crippen molar-refractivity contribution in [3.8, 4) is 5.88 Å². The van der Waals surface area contributed by atoms with E-state index in [1.807, 2.05) is 6.92 Å². The fourth-order valence-electron chi connectivity index (χ4n) is 1.20. The molecular formula is C10H11N5O2S. The summed E-state index contributed by atoms with van der Waals surface area (Å²) in [6, 6.07) is 3.37. The van der Waals surface area contributed by atoms with E-state index in [2.05, 4.69) is 20.5 Å². The number of nitrogen functional groups attached to an aromatic ring is 1. The van der Waals surface area contributed by atoms with Crippen molar-refractivity contribution < 1.29 is 9.53 Å². The Kier molecular flexibility index (Phi) is 3.68. The average Bonchev–Trinajstić information content (AvgIpc) is 2.79. The molecule has 0 atom stereocenters. The number of pyridine rings is 1. The maximum Gasteiger partial charge on any atom is 0.286 e. The van der Waals surface area contributed by atoms with E-state index in [1.54, 1.807) is 12.1 Å². The van der Waals surface area contributed by atoms with Gasteiger partial charge in [0.05, 0.1) is 18.5 Å². The summed E-state index contributed by atoms with van der Waals surface area (Å²) >= 11 is 1.02. The first-order valence-electron chi connectivity index (χ1n) is 5.18. The number of rotatable bonds is 4. The van der Waals surface area contributed by atoms with Crippen LogP contribution in [0.2, 0.25) is 0 Å². The maximum atomic E-state index is 11.7. The normalized spacial score (nSPS) is 10.1. The van der Waals surface area contributed by atoms with Gasteiger partial charge >= 0.3 is 0 Å². The number of ether oxygens (including phenoxy) is 1. The van der Waals surface area contributed by atoms with E-state index in [0.29, 0.717) is 18.2 Å². The number of hydrogen-bond acceptors (Lipinski definition) is 7. The third kappa shape index (κ3) is 2.92. The van der Waals surface area contributed by atoms with Gasteiger partial charge in [-0.2, -0.15) is 0 Å². The molecule has 0 aromatic carbocycles. The third-order valence-electron chi connectivity index (χ3n) is 1.92. The van der Waals surface area contributed by atoms with Crippen LogP contribution in [0.15, 0.2) is 18.3 Å². The van der Waals surface area contributed by atoms with Crippen LogP contribution >= 0.6 is 11.3 Å². The average molecular weight is 265 g/mol. The second kappa shape index (κ2) is 5.41. The standard InChI is InChI=1S/C10H11N5O2S/c1-2-17-7-4-3-6(5-12-7)13-8(16)9-14-15-10(11)18-9/h3-5H,2H2,1H3,(H2,11,15)(H,13,16). The van der Waals surface area contributed by atoms with Crippen molar-refractivity contribution in [3.05, 3.63) is 23.3 Å². The molecular weight excluding hydrogens is 254 g/mol. The van der Waals surface area contributed by atoms with Gasteiger partial charge in [0.25, 0.3) is 5.91 Å². The van der Waals surface area contributed by atoms with Crippen molar-refractivity contribution in [1.29, 1.82) is 0 Å². The van der Waals surface area contributed by atoms with Gasteiger partial charge in [0.15, 0.2) is 0 Å². The molecule has 0 unspecified atom stereocenters. The Hall–Kier alpha value is -2.22. The summed E-state index contributed by atoms with van der Waals surface area (Å²) in [6.07, 6.45) is 1.51. The van der Waals surface area contributed by atoms with E-state index < -0.39 is 0 Å². The number of carbonyl (C=O) groups is 1. The van der Waals surface area contributed by atoms with Crippen molar-refractivity contribution >= 4 is 28.1 Å². The second-order valence-corrected chi connectivity index (χ2v) is 4.23. The summed E-state index contributed by atoms with van der Waals surface area (Å²) in [4.78, 5) is 15.7. The number of anilines is 2. The molecule has 8 heteroatoms. The first-order chi connectivity index (χ1) is 8.69. The molecule has 2 aromatic rings. The van der Waals surface area contributed by atoms with Crippen LogP contribution in [0.1, 0.15) is 16.7 Å². The lowest BCUT2D eigenvalue weighted by atomic mass is 10.4. The zero-order chi connectivity index (χ0) is 13.0. The molecule has 2 rings (SSSR count). The van der Waals surface area contributed by atoms with Crippen LogP contribution in [0.3, 0.4) is 0 Å². The van der Waals surface area contributed by atoms with Gasteiger partial charge in [0, 0.05) is 6.07 Å². The van der Waals surface area contributed by atoms with E-state index in [4.69, 9.17) is 10.5 Å². The minimum absolute atomic E-state index is 0.210. The Bertz CT molecular complexity index is 539. The maximum absolute atomic E-state index is 11.7. The molecule has 0 saturated carbocycles. The Balaban J connectivity index is 2.03. The van der Waals surface area contributed by atoms with Gasteiger partial charge in [-0.15, -0.1) is 10.2 Å². The lowest BCUT2D eigenvalue weighted by Gasteiger charge is -2.04. The van der Waals surface area contributed by atoms with Crippen LogP contribution in [0, 0.1) is 0 Å². The summed E-state index contributed by atoms with van der Waals surface area (Å²) in [5.41, 5.74) is 5.95. The summed E-state index contributed by atoms with van der Waals surface area (Å²) in [6.45, 7) is 2.42. The molecule has 18 heavy (non-hydrogen) atoms. The predicted molar refractivity (Wildman–Crippen MR) is 67.7 cm³/mol. The minimum atomic E-state index is -0.366. The number of carbonyl (C=O) groups excluding carboxylic acids is 1. The van der Waals surface area contributed by atoms with Crippen molar-refractivity contribution in [1.82, 2.24) is 15.2 Å². The van der Waals surface area contributed by atoms with E-state index in [0.717, 1.165) is 11.3 Å². The highest BCUT2D eigenvalue weighted by Crippen LogP contribution is 2.15. The molecule has 2 aromatic heterocycles. The van der Waals surface area contributed by atoms with Crippen LogP contribution < -0.4 is 15.8 Å². The molecule has 0 aliphatic rings. The first kappa shape index (κ1) is 12.2. The molecule has 3 N–H and O–H groups in total. The highest BCUT2D eigenvalue weighted by Gasteiger charge is 2.11. The first-order valence-corrected chi connectivity index (χ1v) is 6.00. The Morgan fingerprint density at radius 2 is 2.33 bits per heavy atom. The van der Waals surface area contributed by atoms with Crippen molar-refractivity contribution in [2.75, 3.05) is 17.7 Å². The minimum Gasteiger partial charge on any atom is -0.478 e. The van der Waals surface area contributed by atoms with Gasteiger partial charge in [0.2, 0.25) is 16.0 Å². The van der Waals surface area contributed by atoms with Gasteiger partial charge in [0.1, 0.15) is 0 Å². The van der Waals surface area contributed by atoms with Gasteiger partial charge in [-0.25, -0.2) is 4.98 Å². The SMILES string of the molecule is CCOc1ccc(NC(=O)c2nnc(N)s2)cn1. The highest BCUT2D eigenvalue weighted by molar-refractivity contribution is 7.16. The van der Waals surface area contributed by atoms with Crippen LogP contribution in [0.5, 0.6) is 5.88 Å². The van der Waals surface area contributed by atoms with Crippen LogP contribution in [-0.4, -0.2) is 27.7 Å². The summed E-state index contributed by atoms with van der Waals surface area (Å²) in [5, 5.41) is 10.3. The van der Waals surface area contributed by atoms with Gasteiger partial charge in [-0.3, -0.25) is 4.79 Å². The van der Waals surface area contributed by atoms with E-state index in [1.165, 1.54) is 6.20 Å². The number of nitrogens with two attached hydrogens (primary N) is 1. The number of hydrogen-bond donors (Lipinski definition) is 2. The lowest BCUT2D eigenvalue weighted by Crippen LogP contribution is -2.11. The lowest BCUT2D eigenvalue weighted by molar-refractivity contribution is 0.102. The third-order valence-corrected chi connectivity index (χ3v) is 2.67. The predicted octanol–water partition coefficient (Wildman–Crippen LogP) is 1.17. The molecule has 7 nitrogen and oxygen atoms in total. The van der Waals surface area contributed by atoms with E-state index in [9.17, 15) is 4.79 Å². The fourth-order valence-corrected chi connectivity index (χ4v) is 1.70. The molecule has 0 spiro atoms. The Morgan fingerprint density at radius 1 is 1.50 bits per heavy atom.